The molecular formula is C7H8BrClN2. The van der Waals surface area contributed by atoms with Gasteiger partial charge in [-0.25, -0.2) is 4.98 Å². The van der Waals surface area contributed by atoms with Crippen LogP contribution in [0.3, 0.4) is 0 Å². The van der Waals surface area contributed by atoms with Gasteiger partial charge < -0.3 is 5.32 Å². The van der Waals surface area contributed by atoms with Gasteiger partial charge in [-0.05, 0) is 28.9 Å². The van der Waals surface area contributed by atoms with Crippen molar-refractivity contribution in [2.75, 3.05) is 11.9 Å². The first kappa shape index (κ1) is 8.81. The largest absolute Gasteiger partial charge is 0.369 e. The molecule has 1 N–H and O–H groups in total. The van der Waals surface area contributed by atoms with Gasteiger partial charge in [-0.3, -0.25) is 0 Å². The number of aromatic nitrogens is 1. The predicted octanol–water partition coefficient (Wildman–Crippen LogP) is 2.93. The van der Waals surface area contributed by atoms with Gasteiger partial charge in [-0.15, -0.1) is 0 Å². The molecule has 1 heterocycles. The SMILES string of the molecule is CCNc1ncc(Br)cc1Cl. The van der Waals surface area contributed by atoms with Crippen LogP contribution in [0.15, 0.2) is 16.7 Å². The van der Waals surface area contributed by atoms with Gasteiger partial charge >= 0.3 is 0 Å². The Morgan fingerprint density at radius 1 is 1.73 bits per heavy atom. The number of anilines is 1. The van der Waals surface area contributed by atoms with Crippen molar-refractivity contribution in [1.29, 1.82) is 0 Å². The summed E-state index contributed by atoms with van der Waals surface area (Å²) in [5, 5.41) is 3.68. The van der Waals surface area contributed by atoms with Crippen molar-refractivity contribution in [1.82, 2.24) is 4.98 Å². The van der Waals surface area contributed by atoms with Crippen molar-refractivity contribution in [3.8, 4) is 0 Å². The molecule has 11 heavy (non-hydrogen) atoms. The molecule has 60 valence electrons. The summed E-state index contributed by atoms with van der Waals surface area (Å²) >= 11 is 9.13. The lowest BCUT2D eigenvalue weighted by molar-refractivity contribution is 1.16. The molecule has 0 amide bonds. The van der Waals surface area contributed by atoms with Crippen molar-refractivity contribution in [2.45, 2.75) is 6.92 Å². The molecule has 0 saturated carbocycles. The van der Waals surface area contributed by atoms with E-state index < -0.39 is 0 Å². The fourth-order valence-corrected chi connectivity index (χ4v) is 1.41. The first-order valence-corrected chi connectivity index (χ1v) is 4.46. The van der Waals surface area contributed by atoms with Crippen LogP contribution < -0.4 is 5.32 Å². The highest BCUT2D eigenvalue weighted by Gasteiger charge is 1.99. The fraction of sp³-hybridized carbons (Fsp3) is 0.286. The van der Waals surface area contributed by atoms with Crippen LogP contribution in [0.2, 0.25) is 5.02 Å². The molecule has 1 rings (SSSR count). The Labute approximate surface area is 79.1 Å². The van der Waals surface area contributed by atoms with Gasteiger partial charge in [-0.1, -0.05) is 11.6 Å². The number of rotatable bonds is 2. The second kappa shape index (κ2) is 3.93. The maximum Gasteiger partial charge on any atom is 0.144 e. The van der Waals surface area contributed by atoms with E-state index in [4.69, 9.17) is 11.6 Å². The average molecular weight is 236 g/mol. The highest BCUT2D eigenvalue weighted by atomic mass is 79.9. The maximum atomic E-state index is 5.85. The van der Waals surface area contributed by atoms with Crippen molar-refractivity contribution < 1.29 is 0 Å². The standard InChI is InChI=1S/C7H8BrClN2/c1-2-10-7-6(9)3-5(8)4-11-7/h3-4H,2H2,1H3,(H,10,11). The smallest absolute Gasteiger partial charge is 0.144 e. The molecule has 0 unspecified atom stereocenters. The Morgan fingerprint density at radius 2 is 2.45 bits per heavy atom. The third kappa shape index (κ3) is 2.34. The average Bonchev–Trinajstić information content (AvgIpc) is 1.95. The molecule has 0 bridgehead atoms. The Kier molecular flexibility index (Phi) is 3.15. The molecule has 0 aliphatic rings. The summed E-state index contributed by atoms with van der Waals surface area (Å²) in [6, 6.07) is 1.81. The lowest BCUT2D eigenvalue weighted by Crippen LogP contribution is -1.99. The van der Waals surface area contributed by atoms with Gasteiger partial charge in [0.25, 0.3) is 0 Å². The Hall–Kier alpha value is -0.280. The highest BCUT2D eigenvalue weighted by molar-refractivity contribution is 9.10. The zero-order valence-electron chi connectivity index (χ0n) is 6.06. The lowest BCUT2D eigenvalue weighted by atomic mass is 10.4. The number of nitrogens with one attached hydrogen (secondary N) is 1. The van der Waals surface area contributed by atoms with Gasteiger partial charge in [0.1, 0.15) is 5.82 Å². The number of halogens is 2. The zero-order chi connectivity index (χ0) is 8.27. The summed E-state index contributed by atoms with van der Waals surface area (Å²) in [5.74, 6) is 0.734. The van der Waals surface area contributed by atoms with Crippen molar-refractivity contribution in [3.63, 3.8) is 0 Å². The molecule has 0 atom stereocenters. The molecule has 0 aliphatic carbocycles. The number of hydrogen-bond donors (Lipinski definition) is 1. The summed E-state index contributed by atoms with van der Waals surface area (Å²) in [6.45, 7) is 2.83. The van der Waals surface area contributed by atoms with Gasteiger partial charge in [0.15, 0.2) is 0 Å². The Bertz CT molecular complexity index is 252. The quantitative estimate of drug-likeness (QED) is 0.852. The van der Waals surface area contributed by atoms with Crippen LogP contribution in [0.25, 0.3) is 0 Å². The van der Waals surface area contributed by atoms with Gasteiger partial charge in [0, 0.05) is 17.2 Å². The van der Waals surface area contributed by atoms with E-state index in [0.29, 0.717) is 5.02 Å². The Balaban J connectivity index is 2.90. The van der Waals surface area contributed by atoms with E-state index in [1.165, 1.54) is 0 Å². The van der Waals surface area contributed by atoms with Gasteiger partial charge in [0.05, 0.1) is 5.02 Å². The second-order valence-corrected chi connectivity index (χ2v) is 3.34. The summed E-state index contributed by atoms with van der Waals surface area (Å²) in [7, 11) is 0. The third-order valence-electron chi connectivity index (χ3n) is 1.15. The molecule has 0 saturated heterocycles. The molecule has 0 aliphatic heterocycles. The van der Waals surface area contributed by atoms with E-state index in [-0.39, 0.29) is 0 Å². The summed E-state index contributed by atoms with van der Waals surface area (Å²) in [6.07, 6.45) is 1.71. The molecule has 1 aromatic heterocycles. The first-order valence-electron chi connectivity index (χ1n) is 3.29. The molecule has 0 spiro atoms. The number of nitrogens with zero attached hydrogens (tertiary/aromatic N) is 1. The van der Waals surface area contributed by atoms with Gasteiger partial charge in [-0.2, -0.15) is 0 Å². The van der Waals surface area contributed by atoms with E-state index in [2.05, 4.69) is 26.2 Å². The van der Waals surface area contributed by atoms with Crippen molar-refractivity contribution in [2.24, 2.45) is 0 Å². The molecule has 4 heteroatoms. The molecule has 0 fully saturated rings. The predicted molar refractivity (Wildman–Crippen MR) is 51.1 cm³/mol. The minimum atomic E-state index is 0.640. The summed E-state index contributed by atoms with van der Waals surface area (Å²) in [5.41, 5.74) is 0. The van der Waals surface area contributed by atoms with Crippen LogP contribution in [-0.2, 0) is 0 Å². The minimum absolute atomic E-state index is 0.640. The third-order valence-corrected chi connectivity index (χ3v) is 1.87. The minimum Gasteiger partial charge on any atom is -0.369 e. The summed E-state index contributed by atoms with van der Waals surface area (Å²) < 4.78 is 0.893. The normalized spacial score (nSPS) is 9.73. The topological polar surface area (TPSA) is 24.9 Å². The van der Waals surface area contributed by atoms with Crippen LogP contribution >= 0.6 is 27.5 Å². The molecule has 1 aromatic rings. The van der Waals surface area contributed by atoms with E-state index in [1.54, 1.807) is 6.20 Å². The monoisotopic (exact) mass is 234 g/mol. The van der Waals surface area contributed by atoms with E-state index in [1.807, 2.05) is 13.0 Å². The van der Waals surface area contributed by atoms with E-state index in [0.717, 1.165) is 16.8 Å². The lowest BCUT2D eigenvalue weighted by Gasteiger charge is -2.03. The molecular weight excluding hydrogens is 227 g/mol. The van der Waals surface area contributed by atoms with E-state index in [9.17, 15) is 0 Å². The van der Waals surface area contributed by atoms with Crippen molar-refractivity contribution in [3.05, 3.63) is 21.8 Å². The second-order valence-electron chi connectivity index (χ2n) is 2.01. The van der Waals surface area contributed by atoms with Gasteiger partial charge in [0.2, 0.25) is 0 Å². The first-order chi connectivity index (χ1) is 5.24. The maximum absolute atomic E-state index is 5.85. The van der Waals surface area contributed by atoms with Crippen LogP contribution in [-0.4, -0.2) is 11.5 Å². The number of hydrogen-bond acceptors (Lipinski definition) is 2. The number of pyridine rings is 1. The molecule has 0 radical (unpaired) electrons. The van der Waals surface area contributed by atoms with E-state index >= 15 is 0 Å². The van der Waals surface area contributed by atoms with Crippen LogP contribution in [0, 0.1) is 0 Å². The highest BCUT2D eigenvalue weighted by Crippen LogP contribution is 2.22. The zero-order valence-corrected chi connectivity index (χ0v) is 8.41. The Morgan fingerprint density at radius 3 is 3.00 bits per heavy atom. The van der Waals surface area contributed by atoms with Crippen LogP contribution in [0.1, 0.15) is 6.92 Å². The van der Waals surface area contributed by atoms with Crippen LogP contribution in [0.5, 0.6) is 0 Å². The van der Waals surface area contributed by atoms with Crippen LogP contribution in [0.4, 0.5) is 5.82 Å². The fourth-order valence-electron chi connectivity index (χ4n) is 0.712. The molecule has 2 nitrogen and oxygen atoms in total. The summed E-state index contributed by atoms with van der Waals surface area (Å²) in [4.78, 5) is 4.08. The molecule has 0 aromatic carbocycles. The van der Waals surface area contributed by atoms with Crippen molar-refractivity contribution >= 4 is 33.3 Å².